The minimum atomic E-state index is -0.412. The third-order valence-electron chi connectivity index (χ3n) is 2.45. The molecule has 0 saturated carbocycles. The van der Waals surface area contributed by atoms with Crippen LogP contribution in [0.5, 0.6) is 5.75 Å². The predicted molar refractivity (Wildman–Crippen MR) is 71.5 cm³/mol. The third kappa shape index (κ3) is 2.80. The summed E-state index contributed by atoms with van der Waals surface area (Å²) in [5, 5.41) is 10.8. The second-order valence-electron chi connectivity index (χ2n) is 3.65. The molecule has 0 aliphatic rings. The van der Waals surface area contributed by atoms with E-state index in [1.165, 1.54) is 17.4 Å². The number of thiophene rings is 1. The normalized spacial score (nSPS) is 10.3. The molecule has 4 nitrogen and oxygen atoms in total. The van der Waals surface area contributed by atoms with Gasteiger partial charge in [-0.3, -0.25) is 10.1 Å². The number of rotatable bonds is 4. The highest BCUT2D eigenvalue weighted by Gasteiger charge is 2.14. The number of nitro benzene ring substituents is 1. The van der Waals surface area contributed by atoms with Gasteiger partial charge in [0, 0.05) is 10.9 Å². The van der Waals surface area contributed by atoms with Gasteiger partial charge in [0.05, 0.1) is 14.8 Å². The molecule has 1 aromatic carbocycles. The van der Waals surface area contributed by atoms with Crippen LogP contribution < -0.4 is 4.74 Å². The Hall–Kier alpha value is -1.59. The van der Waals surface area contributed by atoms with Crippen LogP contribution in [0.1, 0.15) is 10.4 Å². The maximum absolute atomic E-state index is 10.8. The summed E-state index contributed by atoms with van der Waals surface area (Å²) in [5.41, 5.74) is 0.599. The van der Waals surface area contributed by atoms with Gasteiger partial charge >= 0.3 is 0 Å². The van der Waals surface area contributed by atoms with Gasteiger partial charge in [0.15, 0.2) is 0 Å². The van der Waals surface area contributed by atoms with E-state index < -0.39 is 4.92 Å². The number of nitro groups is 1. The monoisotopic (exact) mass is 283 g/mol. The molecule has 0 aliphatic heterocycles. The molecule has 0 N–H and O–H groups in total. The first-order valence-electron chi connectivity index (χ1n) is 5.19. The molecule has 0 radical (unpaired) electrons. The number of hydrogen-bond acceptors (Lipinski definition) is 4. The summed E-state index contributed by atoms with van der Waals surface area (Å²) in [6, 6.07) is 8.47. The van der Waals surface area contributed by atoms with Crippen LogP contribution in [0.4, 0.5) is 5.69 Å². The summed E-state index contributed by atoms with van der Waals surface area (Å²) in [7, 11) is 0. The van der Waals surface area contributed by atoms with Gasteiger partial charge in [-0.15, -0.1) is 11.3 Å². The van der Waals surface area contributed by atoms with Crippen molar-refractivity contribution in [2.24, 2.45) is 0 Å². The molecule has 0 amide bonds. The van der Waals surface area contributed by atoms with Crippen molar-refractivity contribution in [3.05, 3.63) is 55.2 Å². The number of halogens is 1. The highest BCUT2D eigenvalue weighted by atomic mass is 35.5. The zero-order valence-electron chi connectivity index (χ0n) is 9.55. The quantitative estimate of drug-likeness (QED) is 0.624. The highest BCUT2D eigenvalue weighted by molar-refractivity contribution is 7.16. The number of ether oxygens (including phenoxy) is 1. The summed E-state index contributed by atoms with van der Waals surface area (Å²) < 4.78 is 6.27. The standard InChI is InChI=1S/C12H10ClNO3S/c1-8-10(14(15)16)3-2-4-11(8)17-7-9-5-6-12(13)18-9/h2-6H,7H2,1H3. The average Bonchev–Trinajstić information content (AvgIpc) is 2.73. The molecule has 0 fully saturated rings. The first-order chi connectivity index (χ1) is 8.58. The van der Waals surface area contributed by atoms with E-state index >= 15 is 0 Å². The molecule has 0 spiro atoms. The molecule has 0 atom stereocenters. The summed E-state index contributed by atoms with van der Waals surface area (Å²) in [6.07, 6.45) is 0. The molecule has 0 unspecified atom stereocenters. The van der Waals surface area contributed by atoms with Crippen molar-refractivity contribution in [3.8, 4) is 5.75 Å². The van der Waals surface area contributed by atoms with Gasteiger partial charge in [0.2, 0.25) is 0 Å². The van der Waals surface area contributed by atoms with Crippen molar-refractivity contribution in [1.29, 1.82) is 0 Å². The molecule has 2 rings (SSSR count). The van der Waals surface area contributed by atoms with Crippen LogP contribution in [0.2, 0.25) is 4.34 Å². The zero-order valence-corrected chi connectivity index (χ0v) is 11.1. The van der Waals surface area contributed by atoms with Crippen LogP contribution in [-0.2, 0) is 6.61 Å². The number of nitrogens with zero attached hydrogens (tertiary/aromatic N) is 1. The van der Waals surface area contributed by atoms with Crippen LogP contribution in [0.25, 0.3) is 0 Å². The largest absolute Gasteiger partial charge is 0.488 e. The minimum absolute atomic E-state index is 0.0664. The average molecular weight is 284 g/mol. The van der Waals surface area contributed by atoms with Crippen LogP contribution in [0, 0.1) is 17.0 Å². The molecule has 1 heterocycles. The van der Waals surface area contributed by atoms with Crippen molar-refractivity contribution in [2.45, 2.75) is 13.5 Å². The number of benzene rings is 1. The lowest BCUT2D eigenvalue weighted by atomic mass is 10.2. The Morgan fingerprint density at radius 3 is 2.78 bits per heavy atom. The maximum atomic E-state index is 10.8. The van der Waals surface area contributed by atoms with E-state index in [0.717, 1.165) is 4.88 Å². The lowest BCUT2D eigenvalue weighted by molar-refractivity contribution is -0.385. The van der Waals surface area contributed by atoms with Gasteiger partial charge in [-0.25, -0.2) is 0 Å². The lowest BCUT2D eigenvalue weighted by Gasteiger charge is -2.07. The van der Waals surface area contributed by atoms with Crippen molar-refractivity contribution in [3.63, 3.8) is 0 Å². The Kier molecular flexibility index (Phi) is 3.84. The highest BCUT2D eigenvalue weighted by Crippen LogP contribution is 2.29. The van der Waals surface area contributed by atoms with Gasteiger partial charge < -0.3 is 4.74 Å². The van der Waals surface area contributed by atoms with Crippen LogP contribution in [0.15, 0.2) is 30.3 Å². The van der Waals surface area contributed by atoms with E-state index in [9.17, 15) is 10.1 Å². The molecule has 0 bridgehead atoms. The molecule has 0 aliphatic carbocycles. The molecule has 94 valence electrons. The Bertz CT molecular complexity index is 582. The third-order valence-corrected chi connectivity index (χ3v) is 3.66. The molecule has 0 saturated heterocycles. The van der Waals surface area contributed by atoms with E-state index in [4.69, 9.17) is 16.3 Å². The fraction of sp³-hybridized carbons (Fsp3) is 0.167. The van der Waals surface area contributed by atoms with Gasteiger partial charge in [0.1, 0.15) is 12.4 Å². The number of hydrogen-bond donors (Lipinski definition) is 0. The van der Waals surface area contributed by atoms with E-state index in [1.54, 1.807) is 25.1 Å². The first kappa shape index (κ1) is 12.9. The fourth-order valence-electron chi connectivity index (χ4n) is 1.54. The van der Waals surface area contributed by atoms with Crippen molar-refractivity contribution < 1.29 is 9.66 Å². The van der Waals surface area contributed by atoms with E-state index in [1.807, 2.05) is 6.07 Å². The van der Waals surface area contributed by atoms with Gasteiger partial charge in [-0.05, 0) is 25.1 Å². The summed E-state index contributed by atoms with van der Waals surface area (Å²) >= 11 is 7.24. The SMILES string of the molecule is Cc1c(OCc2ccc(Cl)s2)cccc1[N+](=O)[O-]. The van der Waals surface area contributed by atoms with E-state index in [-0.39, 0.29) is 5.69 Å². The fourth-order valence-corrected chi connectivity index (χ4v) is 2.54. The van der Waals surface area contributed by atoms with Gasteiger partial charge in [-0.1, -0.05) is 17.7 Å². The Morgan fingerprint density at radius 2 is 2.17 bits per heavy atom. The van der Waals surface area contributed by atoms with E-state index in [2.05, 4.69) is 0 Å². The van der Waals surface area contributed by atoms with Crippen LogP contribution >= 0.6 is 22.9 Å². The van der Waals surface area contributed by atoms with E-state index in [0.29, 0.717) is 22.3 Å². The molecule has 1 aromatic heterocycles. The summed E-state index contributed by atoms with van der Waals surface area (Å²) in [4.78, 5) is 11.4. The summed E-state index contributed by atoms with van der Waals surface area (Å²) in [5.74, 6) is 0.522. The van der Waals surface area contributed by atoms with Gasteiger partial charge in [-0.2, -0.15) is 0 Å². The predicted octanol–water partition coefficient (Wildman–Crippen LogP) is 4.20. The van der Waals surface area contributed by atoms with Crippen molar-refractivity contribution >= 4 is 28.6 Å². The Balaban J connectivity index is 2.14. The Labute approximate surface area is 113 Å². The Morgan fingerprint density at radius 1 is 1.39 bits per heavy atom. The smallest absolute Gasteiger partial charge is 0.276 e. The topological polar surface area (TPSA) is 52.4 Å². The molecular formula is C12H10ClNO3S. The minimum Gasteiger partial charge on any atom is -0.488 e. The molecular weight excluding hydrogens is 274 g/mol. The summed E-state index contributed by atoms with van der Waals surface area (Å²) in [6.45, 7) is 2.04. The second kappa shape index (κ2) is 5.37. The van der Waals surface area contributed by atoms with Crippen molar-refractivity contribution in [1.82, 2.24) is 0 Å². The molecule has 18 heavy (non-hydrogen) atoms. The van der Waals surface area contributed by atoms with Crippen LogP contribution in [0.3, 0.4) is 0 Å². The first-order valence-corrected chi connectivity index (χ1v) is 6.38. The zero-order chi connectivity index (χ0) is 13.1. The second-order valence-corrected chi connectivity index (χ2v) is 5.45. The maximum Gasteiger partial charge on any atom is 0.276 e. The molecule has 6 heteroatoms. The van der Waals surface area contributed by atoms with Crippen LogP contribution in [-0.4, -0.2) is 4.92 Å². The van der Waals surface area contributed by atoms with Gasteiger partial charge in [0.25, 0.3) is 5.69 Å². The molecule has 2 aromatic rings. The van der Waals surface area contributed by atoms with Crippen molar-refractivity contribution in [2.75, 3.05) is 0 Å². The lowest BCUT2D eigenvalue weighted by Crippen LogP contribution is -1.98.